The topological polar surface area (TPSA) is 84.9 Å². The summed E-state index contributed by atoms with van der Waals surface area (Å²) in [5.41, 5.74) is 1.09. The smallest absolute Gasteiger partial charge is 0.308 e. The Morgan fingerprint density at radius 3 is 2.48 bits per heavy atom. The zero-order valence-electron chi connectivity index (χ0n) is 15.5. The zero-order valence-corrected chi connectivity index (χ0v) is 15.5. The van der Waals surface area contributed by atoms with E-state index in [0.29, 0.717) is 19.6 Å². The largest absolute Gasteiger partial charge is 0.486 e. The average Bonchev–Trinajstić information content (AvgIpc) is 3.44. The van der Waals surface area contributed by atoms with Crippen LogP contribution in [0.25, 0.3) is 0 Å². The lowest BCUT2D eigenvalue weighted by Gasteiger charge is -2.27. The second-order valence-corrected chi connectivity index (χ2v) is 7.90. The quantitative estimate of drug-likeness (QED) is 0.847. The van der Waals surface area contributed by atoms with Crippen molar-refractivity contribution in [3.05, 3.63) is 23.8 Å². The van der Waals surface area contributed by atoms with Crippen molar-refractivity contribution in [3.8, 4) is 11.5 Å². The molecule has 2 fully saturated rings. The molecule has 4 atom stereocenters. The third-order valence-electron chi connectivity index (χ3n) is 6.03. The number of nitrogens with one attached hydrogen (secondary N) is 1. The molecule has 4 rings (SSSR count). The van der Waals surface area contributed by atoms with Gasteiger partial charge in [0, 0.05) is 12.0 Å². The maximum absolute atomic E-state index is 12.8. The van der Waals surface area contributed by atoms with Gasteiger partial charge in [-0.3, -0.25) is 9.59 Å². The third-order valence-corrected chi connectivity index (χ3v) is 6.03. The van der Waals surface area contributed by atoms with Gasteiger partial charge in [-0.1, -0.05) is 31.7 Å². The first-order valence-corrected chi connectivity index (χ1v) is 10.1. The van der Waals surface area contributed by atoms with Gasteiger partial charge >= 0.3 is 5.97 Å². The second-order valence-electron chi connectivity index (χ2n) is 7.90. The van der Waals surface area contributed by atoms with E-state index >= 15 is 0 Å². The summed E-state index contributed by atoms with van der Waals surface area (Å²) in [6, 6.07) is 5.63. The van der Waals surface area contributed by atoms with Crippen LogP contribution in [-0.4, -0.2) is 36.2 Å². The zero-order chi connectivity index (χ0) is 18.8. The van der Waals surface area contributed by atoms with Crippen molar-refractivity contribution in [2.45, 2.75) is 56.9 Å². The maximum atomic E-state index is 12.8. The first kappa shape index (κ1) is 18.1. The van der Waals surface area contributed by atoms with Crippen molar-refractivity contribution < 1.29 is 24.2 Å². The molecule has 6 heteroatoms. The number of carbonyl (C=O) groups is 2. The summed E-state index contributed by atoms with van der Waals surface area (Å²) < 4.78 is 11.2. The van der Waals surface area contributed by atoms with Gasteiger partial charge in [-0.25, -0.2) is 0 Å². The summed E-state index contributed by atoms with van der Waals surface area (Å²) >= 11 is 0. The molecule has 1 amide bonds. The van der Waals surface area contributed by atoms with Crippen LogP contribution in [0.15, 0.2) is 18.2 Å². The van der Waals surface area contributed by atoms with E-state index in [-0.39, 0.29) is 23.8 Å². The van der Waals surface area contributed by atoms with Gasteiger partial charge in [0.1, 0.15) is 13.2 Å². The third kappa shape index (κ3) is 4.04. The van der Waals surface area contributed by atoms with Crippen molar-refractivity contribution in [2.24, 2.45) is 11.8 Å². The van der Waals surface area contributed by atoms with E-state index in [2.05, 4.69) is 5.32 Å². The predicted molar refractivity (Wildman–Crippen MR) is 99.0 cm³/mol. The molecule has 1 aromatic rings. The Labute approximate surface area is 159 Å². The molecule has 1 aromatic carbocycles. The van der Waals surface area contributed by atoms with Crippen LogP contribution in [0.3, 0.4) is 0 Å². The van der Waals surface area contributed by atoms with Crippen molar-refractivity contribution in [1.29, 1.82) is 0 Å². The minimum atomic E-state index is -0.790. The van der Waals surface area contributed by atoms with Crippen LogP contribution >= 0.6 is 0 Å². The Balaban J connectivity index is 1.39. The molecule has 27 heavy (non-hydrogen) atoms. The van der Waals surface area contributed by atoms with Crippen LogP contribution in [0.4, 0.5) is 0 Å². The summed E-state index contributed by atoms with van der Waals surface area (Å²) in [7, 11) is 0. The number of ether oxygens (including phenoxy) is 2. The number of carboxylic acids is 1. The Morgan fingerprint density at radius 2 is 1.70 bits per heavy atom. The average molecular weight is 373 g/mol. The number of benzene rings is 1. The minimum absolute atomic E-state index is 0.00767. The van der Waals surface area contributed by atoms with Gasteiger partial charge in [-0.2, -0.15) is 0 Å². The molecule has 0 bridgehead atoms. The molecule has 1 heterocycles. The highest BCUT2D eigenvalue weighted by atomic mass is 16.6. The van der Waals surface area contributed by atoms with Gasteiger partial charge < -0.3 is 19.9 Å². The van der Waals surface area contributed by atoms with Gasteiger partial charge in [0.05, 0.1) is 5.92 Å². The van der Waals surface area contributed by atoms with Crippen molar-refractivity contribution in [3.63, 3.8) is 0 Å². The van der Waals surface area contributed by atoms with E-state index in [1.54, 1.807) is 0 Å². The lowest BCUT2D eigenvalue weighted by molar-refractivity contribution is -0.143. The molecule has 0 saturated heterocycles. The first-order chi connectivity index (χ1) is 13.1. The summed E-state index contributed by atoms with van der Waals surface area (Å²) in [6.07, 6.45) is 6.30. The molecule has 1 aliphatic heterocycles. The predicted octanol–water partition coefficient (Wildman–Crippen LogP) is 3.10. The lowest BCUT2D eigenvalue weighted by atomic mass is 9.86. The number of carboxylic acid groups (broad SMARTS) is 1. The number of amides is 1. The van der Waals surface area contributed by atoms with Crippen LogP contribution in [0.5, 0.6) is 11.5 Å². The summed E-state index contributed by atoms with van der Waals surface area (Å²) in [4.78, 5) is 24.4. The fourth-order valence-electron chi connectivity index (χ4n) is 4.39. The van der Waals surface area contributed by atoms with Crippen molar-refractivity contribution in [1.82, 2.24) is 5.32 Å². The number of aliphatic carboxylic acids is 1. The number of hydrogen-bond acceptors (Lipinski definition) is 4. The minimum Gasteiger partial charge on any atom is -0.486 e. The fraction of sp³-hybridized carbons (Fsp3) is 0.619. The molecule has 146 valence electrons. The molecule has 2 N–H and O–H groups in total. The molecule has 2 saturated carbocycles. The van der Waals surface area contributed by atoms with E-state index in [1.807, 2.05) is 18.2 Å². The molecular weight excluding hydrogens is 346 g/mol. The Kier molecular flexibility index (Phi) is 5.23. The molecule has 0 radical (unpaired) electrons. The molecule has 6 nitrogen and oxygen atoms in total. The van der Waals surface area contributed by atoms with Crippen molar-refractivity contribution in [2.75, 3.05) is 13.2 Å². The molecule has 0 spiro atoms. The van der Waals surface area contributed by atoms with Crippen molar-refractivity contribution >= 4 is 11.9 Å². The summed E-state index contributed by atoms with van der Waals surface area (Å²) in [5, 5.41) is 12.6. The van der Waals surface area contributed by atoms with E-state index < -0.39 is 11.9 Å². The normalized spacial score (nSPS) is 29.9. The molecule has 4 unspecified atom stereocenters. The van der Waals surface area contributed by atoms with Gasteiger partial charge in [-0.15, -0.1) is 0 Å². The number of carbonyl (C=O) groups excluding carboxylic acids is 1. The van der Waals surface area contributed by atoms with Gasteiger partial charge in [0.15, 0.2) is 11.5 Å². The summed E-state index contributed by atoms with van der Waals surface area (Å²) in [6.45, 7) is 1.11. The molecular formula is C21H27NO5. The van der Waals surface area contributed by atoms with Crippen LogP contribution in [0.1, 0.15) is 56.4 Å². The maximum Gasteiger partial charge on any atom is 0.308 e. The van der Waals surface area contributed by atoms with Gasteiger partial charge in [-0.05, 0) is 42.9 Å². The standard InChI is InChI=1S/C21H27NO5/c23-20(22-17-6-4-2-1-3-5-14(17)21(24)25)16-12-15(16)13-7-8-18-19(11-13)27-10-9-26-18/h7-8,11,14-17H,1-6,9-10,12H2,(H,22,23)(H,24,25). The second kappa shape index (κ2) is 7.79. The van der Waals surface area contributed by atoms with Crippen LogP contribution < -0.4 is 14.8 Å². The van der Waals surface area contributed by atoms with Gasteiger partial charge in [0.2, 0.25) is 5.91 Å². The van der Waals surface area contributed by atoms with E-state index in [4.69, 9.17) is 9.47 Å². The highest BCUT2D eigenvalue weighted by molar-refractivity contribution is 5.84. The summed E-state index contributed by atoms with van der Waals surface area (Å²) in [5.74, 6) is 0.334. The Bertz CT molecular complexity index is 719. The monoisotopic (exact) mass is 373 g/mol. The van der Waals surface area contributed by atoms with Crippen LogP contribution in [-0.2, 0) is 9.59 Å². The van der Waals surface area contributed by atoms with Gasteiger partial charge in [0.25, 0.3) is 0 Å². The lowest BCUT2D eigenvalue weighted by Crippen LogP contribution is -2.44. The SMILES string of the molecule is O=C(O)C1CCCCCCC1NC(=O)C1CC1c1ccc2c(c1)OCCO2. The first-order valence-electron chi connectivity index (χ1n) is 10.1. The van der Waals surface area contributed by atoms with E-state index in [1.165, 1.54) is 0 Å². The van der Waals surface area contributed by atoms with E-state index in [9.17, 15) is 14.7 Å². The number of hydrogen-bond donors (Lipinski definition) is 2. The Hall–Kier alpha value is -2.24. The number of fused-ring (bicyclic) bond motifs is 1. The van der Waals surface area contributed by atoms with Crippen LogP contribution in [0, 0.1) is 11.8 Å². The highest BCUT2D eigenvalue weighted by Crippen LogP contribution is 2.49. The Morgan fingerprint density at radius 1 is 0.963 bits per heavy atom. The molecule has 3 aliphatic rings. The number of rotatable bonds is 4. The molecule has 0 aromatic heterocycles. The molecule has 2 aliphatic carbocycles. The highest BCUT2D eigenvalue weighted by Gasteiger charge is 2.45. The van der Waals surface area contributed by atoms with Crippen LogP contribution in [0.2, 0.25) is 0 Å². The fourth-order valence-corrected chi connectivity index (χ4v) is 4.39. The van der Waals surface area contributed by atoms with E-state index in [0.717, 1.165) is 55.6 Å².